The predicted octanol–water partition coefficient (Wildman–Crippen LogP) is 1.89. The summed E-state index contributed by atoms with van der Waals surface area (Å²) < 4.78 is 6.48. The van der Waals surface area contributed by atoms with Crippen LogP contribution in [-0.2, 0) is 0 Å². The average Bonchev–Trinajstić information content (AvgIpc) is 2.16. The molecule has 74 valence electrons. The normalized spacial score (nSPS) is 14.5. The van der Waals surface area contributed by atoms with Crippen molar-refractivity contribution >= 4 is 38.9 Å². The van der Waals surface area contributed by atoms with Crippen LogP contribution in [0.3, 0.4) is 0 Å². The van der Waals surface area contributed by atoms with Crippen LogP contribution < -0.4 is 15.4 Å². The van der Waals surface area contributed by atoms with Gasteiger partial charge in [-0.25, -0.2) is 0 Å². The largest absolute Gasteiger partial charge is 0.489 e. The third kappa shape index (κ3) is 1.69. The van der Waals surface area contributed by atoms with E-state index in [1.807, 2.05) is 23.1 Å². The fraction of sp³-hybridized carbons (Fsp3) is 0.222. The standard InChI is InChI=1S/C9H9BrN2OS/c10-6-1-2-7-8(5-6)13-4-3-12(7)9(11)14/h1-2,5H,3-4H2,(H2,11,14). The molecule has 1 aliphatic heterocycles. The molecule has 2 N–H and O–H groups in total. The van der Waals surface area contributed by atoms with Crippen LogP contribution in [0.1, 0.15) is 0 Å². The van der Waals surface area contributed by atoms with Gasteiger partial charge in [-0.05, 0) is 30.4 Å². The van der Waals surface area contributed by atoms with Gasteiger partial charge in [0.2, 0.25) is 0 Å². The van der Waals surface area contributed by atoms with Crippen molar-refractivity contribution in [1.29, 1.82) is 0 Å². The number of hydrogen-bond donors (Lipinski definition) is 1. The highest BCUT2D eigenvalue weighted by Crippen LogP contribution is 2.33. The molecule has 0 spiro atoms. The molecule has 1 aromatic carbocycles. The molecule has 3 nitrogen and oxygen atoms in total. The Morgan fingerprint density at radius 1 is 1.57 bits per heavy atom. The Hall–Kier alpha value is -0.810. The molecule has 0 saturated heterocycles. The van der Waals surface area contributed by atoms with Gasteiger partial charge in [0.1, 0.15) is 12.4 Å². The number of anilines is 1. The lowest BCUT2D eigenvalue weighted by molar-refractivity contribution is 0.315. The molecular formula is C9H9BrN2OS. The maximum Gasteiger partial charge on any atom is 0.171 e. The maximum absolute atomic E-state index is 5.61. The lowest BCUT2D eigenvalue weighted by atomic mass is 10.2. The van der Waals surface area contributed by atoms with E-state index in [1.54, 1.807) is 0 Å². The van der Waals surface area contributed by atoms with E-state index in [4.69, 9.17) is 22.7 Å². The zero-order chi connectivity index (χ0) is 10.1. The van der Waals surface area contributed by atoms with Crippen LogP contribution in [0.15, 0.2) is 22.7 Å². The van der Waals surface area contributed by atoms with E-state index in [1.165, 1.54) is 0 Å². The van der Waals surface area contributed by atoms with Crippen LogP contribution in [0, 0.1) is 0 Å². The van der Waals surface area contributed by atoms with E-state index in [2.05, 4.69) is 15.9 Å². The van der Waals surface area contributed by atoms with E-state index < -0.39 is 0 Å². The lowest BCUT2D eigenvalue weighted by Gasteiger charge is -2.29. The predicted molar refractivity (Wildman–Crippen MR) is 63.8 cm³/mol. The number of nitrogens with zero attached hydrogens (tertiary/aromatic N) is 1. The van der Waals surface area contributed by atoms with Crippen LogP contribution in [0.25, 0.3) is 0 Å². The summed E-state index contributed by atoms with van der Waals surface area (Å²) in [5, 5.41) is 0.386. The molecular weight excluding hydrogens is 264 g/mol. The molecule has 1 aromatic rings. The first kappa shape index (κ1) is 9.73. The number of benzene rings is 1. The van der Waals surface area contributed by atoms with Gasteiger partial charge in [0.25, 0.3) is 0 Å². The summed E-state index contributed by atoms with van der Waals surface area (Å²) in [6.07, 6.45) is 0. The van der Waals surface area contributed by atoms with E-state index in [0.29, 0.717) is 18.3 Å². The summed E-state index contributed by atoms with van der Waals surface area (Å²) >= 11 is 8.35. The molecule has 0 bridgehead atoms. The molecule has 2 rings (SSSR count). The third-order valence-corrected chi connectivity index (χ3v) is 2.76. The minimum Gasteiger partial charge on any atom is -0.489 e. The van der Waals surface area contributed by atoms with Gasteiger partial charge >= 0.3 is 0 Å². The molecule has 0 amide bonds. The zero-order valence-corrected chi connectivity index (χ0v) is 9.77. The van der Waals surface area contributed by atoms with Crippen LogP contribution in [0.4, 0.5) is 5.69 Å². The molecule has 0 radical (unpaired) electrons. The summed E-state index contributed by atoms with van der Waals surface area (Å²) in [5.74, 6) is 0.818. The van der Waals surface area contributed by atoms with Crippen LogP contribution >= 0.6 is 28.1 Å². The van der Waals surface area contributed by atoms with Crippen molar-refractivity contribution in [3.8, 4) is 5.75 Å². The minimum absolute atomic E-state index is 0.386. The second-order valence-corrected chi connectivity index (χ2v) is 4.28. The molecule has 0 saturated carbocycles. The molecule has 0 aliphatic carbocycles. The van der Waals surface area contributed by atoms with Gasteiger partial charge in [0, 0.05) is 4.47 Å². The SMILES string of the molecule is NC(=S)N1CCOc2cc(Br)ccc21. The first-order chi connectivity index (χ1) is 6.68. The molecule has 1 aliphatic rings. The van der Waals surface area contributed by atoms with E-state index >= 15 is 0 Å². The number of hydrogen-bond acceptors (Lipinski definition) is 2. The molecule has 0 fully saturated rings. The van der Waals surface area contributed by atoms with Gasteiger partial charge in [-0.1, -0.05) is 15.9 Å². The number of rotatable bonds is 0. The highest BCUT2D eigenvalue weighted by molar-refractivity contribution is 9.10. The number of nitrogens with two attached hydrogens (primary N) is 1. The van der Waals surface area contributed by atoms with Crippen molar-refractivity contribution in [1.82, 2.24) is 0 Å². The Morgan fingerprint density at radius 2 is 2.36 bits per heavy atom. The Labute approximate surface area is 96.0 Å². The first-order valence-electron chi connectivity index (χ1n) is 4.18. The maximum atomic E-state index is 5.61. The quantitative estimate of drug-likeness (QED) is 0.733. The van der Waals surface area contributed by atoms with Gasteiger partial charge in [-0.3, -0.25) is 0 Å². The Kier molecular flexibility index (Phi) is 2.60. The van der Waals surface area contributed by atoms with Gasteiger partial charge in [0.05, 0.1) is 12.2 Å². The second kappa shape index (κ2) is 3.74. The van der Waals surface area contributed by atoms with Crippen molar-refractivity contribution in [2.24, 2.45) is 5.73 Å². The van der Waals surface area contributed by atoms with Gasteiger partial charge in [-0.15, -0.1) is 0 Å². The number of thiocarbonyl (C=S) groups is 1. The molecule has 0 atom stereocenters. The van der Waals surface area contributed by atoms with Crippen molar-refractivity contribution in [3.63, 3.8) is 0 Å². The topological polar surface area (TPSA) is 38.5 Å². The zero-order valence-electron chi connectivity index (χ0n) is 7.37. The summed E-state index contributed by atoms with van der Waals surface area (Å²) in [7, 11) is 0. The molecule has 1 heterocycles. The second-order valence-electron chi connectivity index (χ2n) is 2.95. The number of ether oxygens (including phenoxy) is 1. The highest BCUT2D eigenvalue weighted by Gasteiger charge is 2.19. The van der Waals surface area contributed by atoms with Crippen molar-refractivity contribution < 1.29 is 4.74 Å². The monoisotopic (exact) mass is 272 g/mol. The molecule has 5 heteroatoms. The first-order valence-corrected chi connectivity index (χ1v) is 5.38. The summed E-state index contributed by atoms with van der Waals surface area (Å²) in [5.41, 5.74) is 6.55. The van der Waals surface area contributed by atoms with Crippen LogP contribution in [0.5, 0.6) is 5.75 Å². The molecule has 0 aromatic heterocycles. The fourth-order valence-corrected chi connectivity index (χ4v) is 1.95. The van der Waals surface area contributed by atoms with Gasteiger partial charge in [0.15, 0.2) is 5.11 Å². The van der Waals surface area contributed by atoms with Gasteiger partial charge in [-0.2, -0.15) is 0 Å². The smallest absolute Gasteiger partial charge is 0.171 e. The van der Waals surface area contributed by atoms with E-state index in [0.717, 1.165) is 15.9 Å². The average molecular weight is 273 g/mol. The van der Waals surface area contributed by atoms with Crippen LogP contribution in [-0.4, -0.2) is 18.3 Å². The van der Waals surface area contributed by atoms with Crippen molar-refractivity contribution in [2.75, 3.05) is 18.1 Å². The third-order valence-electron chi connectivity index (χ3n) is 2.05. The number of halogens is 1. The highest BCUT2D eigenvalue weighted by atomic mass is 79.9. The lowest BCUT2D eigenvalue weighted by Crippen LogP contribution is -2.41. The summed E-state index contributed by atoms with van der Waals surface area (Å²) in [4.78, 5) is 1.88. The van der Waals surface area contributed by atoms with Gasteiger partial charge < -0.3 is 15.4 Å². The van der Waals surface area contributed by atoms with E-state index in [-0.39, 0.29) is 0 Å². The molecule has 14 heavy (non-hydrogen) atoms. The molecule has 0 unspecified atom stereocenters. The number of fused-ring (bicyclic) bond motifs is 1. The van der Waals surface area contributed by atoms with Crippen LogP contribution in [0.2, 0.25) is 0 Å². The summed E-state index contributed by atoms with van der Waals surface area (Å²) in [6.45, 7) is 1.32. The Bertz CT molecular complexity index is 383. The van der Waals surface area contributed by atoms with Crippen molar-refractivity contribution in [2.45, 2.75) is 0 Å². The van der Waals surface area contributed by atoms with E-state index in [9.17, 15) is 0 Å². The summed E-state index contributed by atoms with van der Waals surface area (Å²) in [6, 6.07) is 5.80. The van der Waals surface area contributed by atoms with Crippen molar-refractivity contribution in [3.05, 3.63) is 22.7 Å². The Balaban J connectivity index is 2.44. The Morgan fingerprint density at radius 3 is 3.07 bits per heavy atom. The minimum atomic E-state index is 0.386. The fourth-order valence-electron chi connectivity index (χ4n) is 1.42.